The Morgan fingerprint density at radius 1 is 1.15 bits per heavy atom. The number of ether oxygens (including phenoxy) is 1. The first-order valence-corrected chi connectivity index (χ1v) is 8.65. The van der Waals surface area contributed by atoms with Gasteiger partial charge in [-0.05, 0) is 30.3 Å². The monoisotopic (exact) mass is 370 g/mol. The van der Waals surface area contributed by atoms with Crippen LogP contribution in [0.15, 0.2) is 42.5 Å². The summed E-state index contributed by atoms with van der Waals surface area (Å²) in [7, 11) is 3.87. The molecule has 0 atom stereocenters. The maximum atomic E-state index is 12.9. The number of carbonyl (C=O) groups excluding carboxylic acids is 1. The third-order valence-corrected chi connectivity index (χ3v) is 4.43. The zero-order valence-electron chi connectivity index (χ0n) is 15.3. The van der Waals surface area contributed by atoms with Crippen LogP contribution in [-0.4, -0.2) is 51.2 Å². The first kappa shape index (κ1) is 18.7. The maximum Gasteiger partial charge on any atom is 0.270 e. The van der Waals surface area contributed by atoms with Crippen LogP contribution in [0.1, 0.15) is 10.4 Å². The zero-order chi connectivity index (χ0) is 19.4. The van der Waals surface area contributed by atoms with Crippen LogP contribution in [-0.2, 0) is 4.74 Å². The van der Waals surface area contributed by atoms with Gasteiger partial charge in [0.25, 0.3) is 11.6 Å². The van der Waals surface area contributed by atoms with Crippen molar-refractivity contribution in [1.29, 1.82) is 0 Å². The summed E-state index contributed by atoms with van der Waals surface area (Å²) in [5, 5.41) is 14.0. The van der Waals surface area contributed by atoms with Gasteiger partial charge in [-0.25, -0.2) is 0 Å². The van der Waals surface area contributed by atoms with Crippen molar-refractivity contribution in [2.24, 2.45) is 0 Å². The molecule has 0 bridgehead atoms. The van der Waals surface area contributed by atoms with Gasteiger partial charge in [0.05, 0.1) is 29.4 Å². The van der Waals surface area contributed by atoms with Crippen LogP contribution in [0.5, 0.6) is 0 Å². The van der Waals surface area contributed by atoms with Crippen molar-refractivity contribution in [3.63, 3.8) is 0 Å². The van der Waals surface area contributed by atoms with Crippen molar-refractivity contribution in [3.8, 4) is 0 Å². The predicted molar refractivity (Wildman–Crippen MR) is 105 cm³/mol. The molecule has 1 N–H and O–H groups in total. The molecule has 2 aromatic carbocycles. The number of hydrogen-bond donors (Lipinski definition) is 1. The SMILES string of the molecule is CN(C)c1ccc(NC(=O)c2cc([N+](=O)[O-])ccc2N2CCOCC2)cc1. The number of benzene rings is 2. The van der Waals surface area contributed by atoms with Crippen LogP contribution in [0.25, 0.3) is 0 Å². The van der Waals surface area contributed by atoms with E-state index in [1.807, 2.05) is 36.0 Å². The van der Waals surface area contributed by atoms with Gasteiger partial charge in [0.15, 0.2) is 0 Å². The molecule has 3 rings (SSSR count). The number of carbonyl (C=O) groups is 1. The Morgan fingerprint density at radius 2 is 1.81 bits per heavy atom. The quantitative estimate of drug-likeness (QED) is 0.643. The second-order valence-electron chi connectivity index (χ2n) is 6.45. The molecular formula is C19H22N4O4. The Kier molecular flexibility index (Phi) is 5.56. The second kappa shape index (κ2) is 8.05. The van der Waals surface area contributed by atoms with E-state index in [1.54, 1.807) is 18.2 Å². The van der Waals surface area contributed by atoms with Crippen LogP contribution < -0.4 is 15.1 Å². The van der Waals surface area contributed by atoms with Gasteiger partial charge in [-0.15, -0.1) is 0 Å². The number of nitro groups is 1. The number of non-ortho nitro benzene ring substituents is 1. The largest absolute Gasteiger partial charge is 0.378 e. The topological polar surface area (TPSA) is 88.0 Å². The van der Waals surface area contributed by atoms with Crippen LogP contribution in [0, 0.1) is 10.1 Å². The molecule has 2 aromatic rings. The molecule has 1 saturated heterocycles. The van der Waals surface area contributed by atoms with Crippen molar-refractivity contribution < 1.29 is 14.5 Å². The molecule has 142 valence electrons. The van der Waals surface area contributed by atoms with Crippen molar-refractivity contribution in [2.45, 2.75) is 0 Å². The van der Waals surface area contributed by atoms with E-state index in [4.69, 9.17) is 4.74 Å². The lowest BCUT2D eigenvalue weighted by molar-refractivity contribution is -0.384. The molecule has 8 heteroatoms. The van der Waals surface area contributed by atoms with E-state index in [0.29, 0.717) is 37.7 Å². The van der Waals surface area contributed by atoms with Crippen LogP contribution in [0.2, 0.25) is 0 Å². The fourth-order valence-electron chi connectivity index (χ4n) is 2.94. The molecule has 1 fully saturated rings. The highest BCUT2D eigenvalue weighted by Gasteiger charge is 2.22. The highest BCUT2D eigenvalue weighted by Crippen LogP contribution is 2.27. The van der Waals surface area contributed by atoms with Gasteiger partial charge in [0.2, 0.25) is 0 Å². The molecule has 1 amide bonds. The summed E-state index contributed by atoms with van der Waals surface area (Å²) < 4.78 is 5.36. The first-order chi connectivity index (χ1) is 13.0. The van der Waals surface area contributed by atoms with Gasteiger partial charge in [0.1, 0.15) is 0 Å². The van der Waals surface area contributed by atoms with E-state index in [2.05, 4.69) is 5.32 Å². The average Bonchev–Trinajstić information content (AvgIpc) is 2.68. The Morgan fingerprint density at radius 3 is 2.41 bits per heavy atom. The lowest BCUT2D eigenvalue weighted by Crippen LogP contribution is -2.37. The minimum Gasteiger partial charge on any atom is -0.378 e. The predicted octanol–water partition coefficient (Wildman–Crippen LogP) is 2.75. The molecule has 0 radical (unpaired) electrons. The van der Waals surface area contributed by atoms with E-state index in [-0.39, 0.29) is 17.2 Å². The van der Waals surface area contributed by atoms with Crippen molar-refractivity contribution in [3.05, 3.63) is 58.1 Å². The fraction of sp³-hybridized carbons (Fsp3) is 0.316. The fourth-order valence-corrected chi connectivity index (χ4v) is 2.94. The van der Waals surface area contributed by atoms with E-state index in [1.165, 1.54) is 12.1 Å². The Balaban J connectivity index is 1.88. The number of morpholine rings is 1. The molecule has 27 heavy (non-hydrogen) atoms. The summed E-state index contributed by atoms with van der Waals surface area (Å²) in [6.07, 6.45) is 0. The number of hydrogen-bond acceptors (Lipinski definition) is 6. The molecule has 0 unspecified atom stereocenters. The molecule has 0 aromatic heterocycles. The van der Waals surface area contributed by atoms with Gasteiger partial charge in [0, 0.05) is 50.7 Å². The van der Waals surface area contributed by atoms with Gasteiger partial charge in [-0.1, -0.05) is 0 Å². The van der Waals surface area contributed by atoms with E-state index >= 15 is 0 Å². The van der Waals surface area contributed by atoms with E-state index in [9.17, 15) is 14.9 Å². The lowest BCUT2D eigenvalue weighted by Gasteiger charge is -2.30. The van der Waals surface area contributed by atoms with Crippen molar-refractivity contribution in [2.75, 3.05) is 55.5 Å². The minimum atomic E-state index is -0.494. The number of nitrogens with one attached hydrogen (secondary N) is 1. The number of rotatable bonds is 5. The summed E-state index contributed by atoms with van der Waals surface area (Å²) >= 11 is 0. The van der Waals surface area contributed by atoms with Gasteiger partial charge < -0.3 is 19.9 Å². The van der Waals surface area contributed by atoms with Gasteiger partial charge >= 0.3 is 0 Å². The molecule has 8 nitrogen and oxygen atoms in total. The summed E-state index contributed by atoms with van der Waals surface area (Å²) in [4.78, 5) is 27.5. The zero-order valence-corrected chi connectivity index (χ0v) is 15.3. The molecule has 1 aliphatic rings. The normalized spacial score (nSPS) is 13.9. The highest BCUT2D eigenvalue weighted by molar-refractivity contribution is 6.08. The number of nitro benzene ring substituents is 1. The molecule has 0 aliphatic carbocycles. The maximum absolute atomic E-state index is 12.9. The standard InChI is InChI=1S/C19H22N4O4/c1-21(2)15-5-3-14(4-6-15)20-19(24)17-13-16(23(25)26)7-8-18(17)22-9-11-27-12-10-22/h3-8,13H,9-12H2,1-2H3,(H,20,24). The summed E-state index contributed by atoms with van der Waals surface area (Å²) in [5.74, 6) is -0.377. The minimum absolute atomic E-state index is 0.111. The first-order valence-electron chi connectivity index (χ1n) is 8.65. The smallest absolute Gasteiger partial charge is 0.270 e. The number of anilines is 3. The summed E-state index contributed by atoms with van der Waals surface area (Å²) in [5.41, 5.74) is 2.48. The molecule has 1 aliphatic heterocycles. The summed E-state index contributed by atoms with van der Waals surface area (Å²) in [6, 6.07) is 11.8. The third kappa shape index (κ3) is 4.35. The van der Waals surface area contributed by atoms with Crippen LogP contribution in [0.4, 0.5) is 22.7 Å². The van der Waals surface area contributed by atoms with E-state index < -0.39 is 4.92 Å². The van der Waals surface area contributed by atoms with Crippen molar-refractivity contribution in [1.82, 2.24) is 0 Å². The molecule has 0 saturated carbocycles. The highest BCUT2D eigenvalue weighted by atomic mass is 16.6. The average molecular weight is 370 g/mol. The Hall–Kier alpha value is -3.13. The lowest BCUT2D eigenvalue weighted by atomic mass is 10.1. The van der Waals surface area contributed by atoms with Crippen LogP contribution in [0.3, 0.4) is 0 Å². The van der Waals surface area contributed by atoms with Crippen molar-refractivity contribution >= 4 is 28.7 Å². The Bertz CT molecular complexity index is 830. The van der Waals surface area contributed by atoms with E-state index in [0.717, 1.165) is 5.69 Å². The molecule has 0 spiro atoms. The van der Waals surface area contributed by atoms with Gasteiger partial charge in [-0.2, -0.15) is 0 Å². The van der Waals surface area contributed by atoms with Gasteiger partial charge in [-0.3, -0.25) is 14.9 Å². The number of amides is 1. The molecular weight excluding hydrogens is 348 g/mol. The number of nitrogens with zero attached hydrogens (tertiary/aromatic N) is 3. The molecule has 1 heterocycles. The summed E-state index contributed by atoms with van der Waals surface area (Å²) in [6.45, 7) is 2.39. The second-order valence-corrected chi connectivity index (χ2v) is 6.45. The van der Waals surface area contributed by atoms with Crippen LogP contribution >= 0.6 is 0 Å². The third-order valence-electron chi connectivity index (χ3n) is 4.43. The Labute approximate surface area is 157 Å².